The number of aryl methyl sites for hydroxylation is 1. The van der Waals surface area contributed by atoms with Crippen molar-refractivity contribution in [3.8, 4) is 0 Å². The van der Waals surface area contributed by atoms with Gasteiger partial charge in [-0.2, -0.15) is 0 Å². The van der Waals surface area contributed by atoms with Crippen molar-refractivity contribution in [2.24, 2.45) is 0 Å². The van der Waals surface area contributed by atoms with Crippen LogP contribution in [-0.4, -0.2) is 11.1 Å². The maximum atomic E-state index is 11.3. The van der Waals surface area contributed by atoms with Crippen LogP contribution in [0.4, 0.5) is 0 Å². The molecule has 0 amide bonds. The first kappa shape index (κ1) is 10.9. The Hall–Kier alpha value is -0.150. The zero-order valence-corrected chi connectivity index (χ0v) is 9.86. The van der Waals surface area contributed by atoms with E-state index in [1.807, 2.05) is 6.07 Å². The number of Topliss-reactive ketones (excluding diaryl/α,β-unsaturated/α-hetero) is 1. The largest absolute Gasteiger partial charge is 0.300 e. The molecule has 0 bridgehead atoms. The zero-order valence-electron chi connectivity index (χ0n) is 7.46. The highest BCUT2D eigenvalue weighted by Gasteiger charge is 2.02. The average Bonchev–Trinajstić information content (AvgIpc) is 2.64. The summed E-state index contributed by atoms with van der Waals surface area (Å²) in [4.78, 5) is 12.6. The molecule has 1 aromatic heterocycles. The third-order valence-electron chi connectivity index (χ3n) is 1.82. The molecule has 0 saturated carbocycles. The highest BCUT2D eigenvalue weighted by molar-refractivity contribution is 9.09. The van der Waals surface area contributed by atoms with Crippen LogP contribution in [-0.2, 0) is 11.2 Å². The van der Waals surface area contributed by atoms with Crippen LogP contribution in [0, 0.1) is 0 Å². The van der Waals surface area contributed by atoms with Gasteiger partial charge in [0.15, 0.2) is 0 Å². The van der Waals surface area contributed by atoms with Crippen LogP contribution in [0.3, 0.4) is 0 Å². The maximum Gasteiger partial charge on any atom is 0.133 e. The van der Waals surface area contributed by atoms with Gasteiger partial charge in [-0.1, -0.05) is 22.0 Å². The Morgan fingerprint density at radius 3 is 2.92 bits per heavy atom. The van der Waals surface area contributed by atoms with Crippen LogP contribution in [0.25, 0.3) is 0 Å². The fraction of sp³-hybridized carbons (Fsp3) is 0.500. The minimum absolute atomic E-state index is 0.382. The molecular formula is C10H13BrOS. The molecule has 0 aliphatic rings. The van der Waals surface area contributed by atoms with Gasteiger partial charge in [-0.3, -0.25) is 4.79 Å². The predicted octanol–water partition coefficient (Wildman–Crippen LogP) is 3.42. The Balaban J connectivity index is 2.15. The number of alkyl halides is 1. The van der Waals surface area contributed by atoms with E-state index < -0.39 is 0 Å². The molecule has 72 valence electrons. The number of hydrogen-bond acceptors (Lipinski definition) is 2. The average molecular weight is 261 g/mol. The van der Waals surface area contributed by atoms with Gasteiger partial charge in [-0.05, 0) is 24.3 Å². The Morgan fingerprint density at radius 2 is 2.31 bits per heavy atom. The lowest BCUT2D eigenvalue weighted by Crippen LogP contribution is -1.99. The molecule has 1 heterocycles. The molecule has 13 heavy (non-hydrogen) atoms. The van der Waals surface area contributed by atoms with Gasteiger partial charge in [0.25, 0.3) is 0 Å². The summed E-state index contributed by atoms with van der Waals surface area (Å²) >= 11 is 5.04. The van der Waals surface area contributed by atoms with Crippen LogP contribution < -0.4 is 0 Å². The van der Waals surface area contributed by atoms with Gasteiger partial charge < -0.3 is 0 Å². The summed E-state index contributed by atoms with van der Waals surface area (Å²) in [6.07, 6.45) is 3.30. The van der Waals surface area contributed by atoms with E-state index in [2.05, 4.69) is 27.4 Å². The molecule has 0 aliphatic heterocycles. The molecule has 0 aliphatic carbocycles. The van der Waals surface area contributed by atoms with Crippen molar-refractivity contribution in [2.75, 3.05) is 5.33 Å². The summed E-state index contributed by atoms with van der Waals surface area (Å²) in [5.41, 5.74) is 0. The van der Waals surface area contributed by atoms with Crippen LogP contribution in [0.1, 0.15) is 24.1 Å². The highest BCUT2D eigenvalue weighted by atomic mass is 79.9. The van der Waals surface area contributed by atoms with E-state index in [0.717, 1.165) is 24.6 Å². The molecule has 0 fully saturated rings. The SMILES string of the molecule is O=C(CCCBr)CCc1cccs1. The Morgan fingerprint density at radius 1 is 1.46 bits per heavy atom. The molecule has 1 nitrogen and oxygen atoms in total. The fourth-order valence-corrected chi connectivity index (χ4v) is 2.10. The van der Waals surface area contributed by atoms with Crippen LogP contribution >= 0.6 is 27.3 Å². The molecule has 1 aromatic rings. The van der Waals surface area contributed by atoms with Crippen LogP contribution in [0.2, 0.25) is 0 Å². The van der Waals surface area contributed by atoms with Gasteiger partial charge >= 0.3 is 0 Å². The van der Waals surface area contributed by atoms with E-state index in [1.54, 1.807) is 11.3 Å². The molecule has 0 saturated heterocycles. The highest BCUT2D eigenvalue weighted by Crippen LogP contribution is 2.11. The Kier molecular flexibility index (Phi) is 5.32. The molecule has 0 radical (unpaired) electrons. The van der Waals surface area contributed by atoms with Crippen molar-refractivity contribution >= 4 is 33.0 Å². The number of thiophene rings is 1. The monoisotopic (exact) mass is 260 g/mol. The normalized spacial score (nSPS) is 10.2. The number of carbonyl (C=O) groups is 1. The molecule has 0 atom stereocenters. The third-order valence-corrected chi connectivity index (χ3v) is 3.32. The summed E-state index contributed by atoms with van der Waals surface area (Å²) in [7, 11) is 0. The lowest BCUT2D eigenvalue weighted by atomic mass is 10.1. The first-order valence-corrected chi connectivity index (χ1v) is 6.43. The first-order chi connectivity index (χ1) is 6.33. The minimum atomic E-state index is 0.382. The summed E-state index contributed by atoms with van der Waals surface area (Å²) < 4.78 is 0. The smallest absolute Gasteiger partial charge is 0.133 e. The van der Waals surface area contributed by atoms with Gasteiger partial charge in [-0.15, -0.1) is 11.3 Å². The second kappa shape index (κ2) is 6.33. The summed E-state index contributed by atoms with van der Waals surface area (Å²) in [6.45, 7) is 0. The van der Waals surface area contributed by atoms with Gasteiger partial charge in [0.1, 0.15) is 5.78 Å². The standard InChI is InChI=1S/C10H13BrOS/c11-7-1-3-9(12)5-6-10-4-2-8-13-10/h2,4,8H,1,3,5-7H2. The second-order valence-electron chi connectivity index (χ2n) is 2.91. The number of rotatable bonds is 6. The van der Waals surface area contributed by atoms with Gasteiger partial charge in [0.05, 0.1) is 0 Å². The molecule has 0 N–H and O–H groups in total. The molecule has 1 rings (SSSR count). The molecule has 0 spiro atoms. The molecular weight excluding hydrogens is 248 g/mol. The molecule has 0 unspecified atom stereocenters. The van der Waals surface area contributed by atoms with Gasteiger partial charge in [0.2, 0.25) is 0 Å². The van der Waals surface area contributed by atoms with Crippen molar-refractivity contribution < 1.29 is 4.79 Å². The van der Waals surface area contributed by atoms with Crippen LogP contribution in [0.5, 0.6) is 0 Å². The summed E-state index contributed by atoms with van der Waals surface area (Å²) in [5, 5.41) is 2.98. The quantitative estimate of drug-likeness (QED) is 0.717. The van der Waals surface area contributed by atoms with Crippen molar-refractivity contribution in [2.45, 2.75) is 25.7 Å². The lowest BCUT2D eigenvalue weighted by Gasteiger charge is -1.97. The second-order valence-corrected chi connectivity index (χ2v) is 4.74. The van der Waals surface area contributed by atoms with Crippen molar-refractivity contribution in [1.29, 1.82) is 0 Å². The summed E-state index contributed by atoms with van der Waals surface area (Å²) in [6, 6.07) is 4.12. The molecule has 3 heteroatoms. The fourth-order valence-electron chi connectivity index (χ4n) is 1.11. The minimum Gasteiger partial charge on any atom is -0.300 e. The van der Waals surface area contributed by atoms with Crippen molar-refractivity contribution in [3.63, 3.8) is 0 Å². The van der Waals surface area contributed by atoms with Crippen molar-refractivity contribution in [1.82, 2.24) is 0 Å². The number of carbonyl (C=O) groups excluding carboxylic acids is 1. The predicted molar refractivity (Wildman–Crippen MR) is 60.7 cm³/mol. The van der Waals surface area contributed by atoms with E-state index in [0.29, 0.717) is 12.2 Å². The third kappa shape index (κ3) is 4.58. The van der Waals surface area contributed by atoms with Crippen LogP contribution in [0.15, 0.2) is 17.5 Å². The van der Waals surface area contributed by atoms with E-state index in [9.17, 15) is 4.79 Å². The van der Waals surface area contributed by atoms with E-state index in [1.165, 1.54) is 4.88 Å². The number of ketones is 1. The summed E-state index contributed by atoms with van der Waals surface area (Å²) in [5.74, 6) is 0.382. The number of hydrogen-bond donors (Lipinski definition) is 0. The maximum absolute atomic E-state index is 11.3. The van der Waals surface area contributed by atoms with Gasteiger partial charge in [-0.25, -0.2) is 0 Å². The lowest BCUT2D eigenvalue weighted by molar-refractivity contribution is -0.119. The Bertz CT molecular complexity index is 243. The first-order valence-electron chi connectivity index (χ1n) is 4.43. The van der Waals surface area contributed by atoms with E-state index in [-0.39, 0.29) is 0 Å². The topological polar surface area (TPSA) is 17.1 Å². The van der Waals surface area contributed by atoms with E-state index >= 15 is 0 Å². The number of halogens is 1. The zero-order chi connectivity index (χ0) is 9.52. The van der Waals surface area contributed by atoms with E-state index in [4.69, 9.17) is 0 Å². The Labute approximate surface area is 91.3 Å². The molecule has 0 aromatic carbocycles. The van der Waals surface area contributed by atoms with Crippen molar-refractivity contribution in [3.05, 3.63) is 22.4 Å². The van der Waals surface area contributed by atoms with Gasteiger partial charge in [0, 0.05) is 23.0 Å².